The first kappa shape index (κ1) is 12.9. The molecule has 0 radical (unpaired) electrons. The maximum absolute atomic E-state index is 11.9. The fourth-order valence-corrected chi connectivity index (χ4v) is 1.64. The topological polar surface area (TPSA) is 79.5 Å². The summed E-state index contributed by atoms with van der Waals surface area (Å²) >= 11 is 0. The summed E-state index contributed by atoms with van der Waals surface area (Å²) in [5.74, 6) is -1.63. The zero-order valence-corrected chi connectivity index (χ0v) is 10.6. The first-order valence-corrected chi connectivity index (χ1v) is 5.68. The smallest absolute Gasteiger partial charge is 0.338 e. The van der Waals surface area contributed by atoms with Crippen LogP contribution >= 0.6 is 0 Å². The molecule has 0 fully saturated rings. The summed E-state index contributed by atoms with van der Waals surface area (Å²) in [6.45, 7) is 3.84. The van der Waals surface area contributed by atoms with E-state index >= 15 is 0 Å². The van der Waals surface area contributed by atoms with Crippen molar-refractivity contribution in [3.05, 3.63) is 53.0 Å². The largest absolute Gasteiger partial charge is 0.478 e. The van der Waals surface area contributed by atoms with Crippen LogP contribution in [0.5, 0.6) is 0 Å². The molecule has 0 saturated carbocycles. The van der Waals surface area contributed by atoms with Crippen molar-refractivity contribution in [2.75, 3.05) is 5.32 Å². The Morgan fingerprint density at radius 3 is 2.63 bits per heavy atom. The molecule has 98 valence electrons. The van der Waals surface area contributed by atoms with Crippen LogP contribution in [-0.4, -0.2) is 17.0 Å². The highest BCUT2D eigenvalue weighted by Gasteiger charge is 2.15. The lowest BCUT2D eigenvalue weighted by atomic mass is 10.1. The van der Waals surface area contributed by atoms with Crippen molar-refractivity contribution < 1.29 is 19.1 Å². The van der Waals surface area contributed by atoms with E-state index in [0.717, 1.165) is 17.4 Å². The molecule has 0 aliphatic carbocycles. The number of aromatic carboxylic acids is 1. The second kappa shape index (κ2) is 4.97. The molecule has 5 nitrogen and oxygen atoms in total. The maximum atomic E-state index is 11.9. The Kier molecular flexibility index (Phi) is 3.37. The van der Waals surface area contributed by atoms with E-state index in [4.69, 9.17) is 9.52 Å². The standard InChI is InChI=1S/C14H13NO4/c1-8-4-3-5-11(9(8)2)15-13(16)12-6-10(7-19-12)14(17)18/h3-7H,1-2H3,(H,15,16)(H,17,18). The summed E-state index contributed by atoms with van der Waals surface area (Å²) in [7, 11) is 0. The molecule has 0 bridgehead atoms. The van der Waals surface area contributed by atoms with Crippen LogP contribution in [0.25, 0.3) is 0 Å². The first-order valence-electron chi connectivity index (χ1n) is 5.68. The second-order valence-corrected chi connectivity index (χ2v) is 4.21. The number of carboxylic acid groups (broad SMARTS) is 1. The van der Waals surface area contributed by atoms with Gasteiger partial charge in [-0.25, -0.2) is 4.79 Å². The molecule has 1 aromatic heterocycles. The van der Waals surface area contributed by atoms with Crippen LogP contribution in [0.1, 0.15) is 32.0 Å². The van der Waals surface area contributed by atoms with E-state index in [1.54, 1.807) is 6.07 Å². The number of anilines is 1. The van der Waals surface area contributed by atoms with Crippen LogP contribution in [0.2, 0.25) is 0 Å². The van der Waals surface area contributed by atoms with Crippen molar-refractivity contribution in [2.45, 2.75) is 13.8 Å². The third-order valence-corrected chi connectivity index (χ3v) is 2.92. The van der Waals surface area contributed by atoms with Crippen LogP contribution in [-0.2, 0) is 0 Å². The Morgan fingerprint density at radius 2 is 2.00 bits per heavy atom. The normalized spacial score (nSPS) is 10.2. The molecule has 2 aromatic rings. The zero-order chi connectivity index (χ0) is 14.0. The Hall–Kier alpha value is -2.56. The predicted octanol–water partition coefficient (Wildman–Crippen LogP) is 2.85. The van der Waals surface area contributed by atoms with Gasteiger partial charge in [0.15, 0.2) is 5.76 Å². The monoisotopic (exact) mass is 259 g/mol. The number of carbonyl (C=O) groups is 2. The third-order valence-electron chi connectivity index (χ3n) is 2.92. The van der Waals surface area contributed by atoms with Gasteiger partial charge < -0.3 is 14.8 Å². The lowest BCUT2D eigenvalue weighted by molar-refractivity contribution is 0.0696. The molecular weight excluding hydrogens is 246 g/mol. The number of carbonyl (C=O) groups excluding carboxylic acids is 1. The van der Waals surface area contributed by atoms with Gasteiger partial charge in [-0.3, -0.25) is 4.79 Å². The molecule has 0 spiro atoms. The molecule has 1 amide bonds. The summed E-state index contributed by atoms with van der Waals surface area (Å²) in [5, 5.41) is 11.5. The Morgan fingerprint density at radius 1 is 1.26 bits per heavy atom. The fourth-order valence-electron chi connectivity index (χ4n) is 1.64. The zero-order valence-electron chi connectivity index (χ0n) is 10.6. The summed E-state index contributed by atoms with van der Waals surface area (Å²) in [5.41, 5.74) is 2.65. The quantitative estimate of drug-likeness (QED) is 0.888. The molecule has 2 N–H and O–H groups in total. The molecule has 0 aliphatic heterocycles. The van der Waals surface area contributed by atoms with Gasteiger partial charge in [0, 0.05) is 11.8 Å². The Bertz CT molecular complexity index is 643. The van der Waals surface area contributed by atoms with Crippen molar-refractivity contribution >= 4 is 17.6 Å². The first-order chi connectivity index (χ1) is 8.99. The molecule has 19 heavy (non-hydrogen) atoms. The highest BCUT2D eigenvalue weighted by Crippen LogP contribution is 2.19. The number of hydrogen-bond acceptors (Lipinski definition) is 3. The number of nitrogens with one attached hydrogen (secondary N) is 1. The highest BCUT2D eigenvalue weighted by molar-refractivity contribution is 6.04. The van der Waals surface area contributed by atoms with Crippen LogP contribution in [0, 0.1) is 13.8 Å². The number of hydrogen-bond donors (Lipinski definition) is 2. The average Bonchev–Trinajstić information content (AvgIpc) is 2.84. The van der Waals surface area contributed by atoms with E-state index in [1.807, 2.05) is 26.0 Å². The number of rotatable bonds is 3. The number of amides is 1. The molecule has 5 heteroatoms. The molecule has 2 rings (SSSR count). The van der Waals surface area contributed by atoms with E-state index in [9.17, 15) is 9.59 Å². The molecule has 0 unspecified atom stereocenters. The van der Waals surface area contributed by atoms with Gasteiger partial charge in [0.1, 0.15) is 6.26 Å². The highest BCUT2D eigenvalue weighted by atomic mass is 16.4. The SMILES string of the molecule is Cc1cccc(NC(=O)c2cc(C(=O)O)co2)c1C. The predicted molar refractivity (Wildman–Crippen MR) is 69.5 cm³/mol. The van der Waals surface area contributed by atoms with Gasteiger partial charge in [0.05, 0.1) is 5.56 Å². The lowest BCUT2D eigenvalue weighted by Crippen LogP contribution is -2.12. The van der Waals surface area contributed by atoms with Gasteiger partial charge in [-0.1, -0.05) is 12.1 Å². The fraction of sp³-hybridized carbons (Fsp3) is 0.143. The van der Waals surface area contributed by atoms with Gasteiger partial charge >= 0.3 is 5.97 Å². The minimum Gasteiger partial charge on any atom is -0.478 e. The van der Waals surface area contributed by atoms with Crippen LogP contribution in [0.15, 0.2) is 34.9 Å². The molecular formula is C14H13NO4. The average molecular weight is 259 g/mol. The second-order valence-electron chi connectivity index (χ2n) is 4.21. The maximum Gasteiger partial charge on any atom is 0.338 e. The minimum atomic E-state index is -1.13. The molecule has 0 saturated heterocycles. The Balaban J connectivity index is 2.21. The number of furan rings is 1. The van der Waals surface area contributed by atoms with E-state index in [2.05, 4.69) is 5.32 Å². The summed E-state index contributed by atoms with van der Waals surface area (Å²) < 4.78 is 4.94. The van der Waals surface area contributed by atoms with E-state index in [1.165, 1.54) is 6.07 Å². The van der Waals surface area contributed by atoms with Crippen molar-refractivity contribution in [3.8, 4) is 0 Å². The van der Waals surface area contributed by atoms with Crippen molar-refractivity contribution in [1.29, 1.82) is 0 Å². The van der Waals surface area contributed by atoms with Crippen LogP contribution in [0.3, 0.4) is 0 Å². The third kappa shape index (κ3) is 2.65. The van der Waals surface area contributed by atoms with Crippen molar-refractivity contribution in [1.82, 2.24) is 0 Å². The minimum absolute atomic E-state index is 0.0293. The van der Waals surface area contributed by atoms with E-state index in [0.29, 0.717) is 5.69 Å². The van der Waals surface area contributed by atoms with Crippen molar-refractivity contribution in [3.63, 3.8) is 0 Å². The molecule has 1 aromatic carbocycles. The molecule has 1 heterocycles. The summed E-state index contributed by atoms with van der Waals surface area (Å²) in [6.07, 6.45) is 1.04. The summed E-state index contributed by atoms with van der Waals surface area (Å²) in [4.78, 5) is 22.6. The molecule has 0 aliphatic rings. The van der Waals surface area contributed by atoms with Gasteiger partial charge in [0.25, 0.3) is 5.91 Å². The Labute approximate surface area is 109 Å². The summed E-state index contributed by atoms with van der Waals surface area (Å²) in [6, 6.07) is 6.76. The number of benzene rings is 1. The van der Waals surface area contributed by atoms with Gasteiger partial charge in [-0.2, -0.15) is 0 Å². The van der Waals surface area contributed by atoms with Crippen molar-refractivity contribution in [2.24, 2.45) is 0 Å². The van der Waals surface area contributed by atoms with Gasteiger partial charge in [-0.15, -0.1) is 0 Å². The van der Waals surface area contributed by atoms with Crippen LogP contribution < -0.4 is 5.32 Å². The van der Waals surface area contributed by atoms with Gasteiger partial charge in [0.2, 0.25) is 0 Å². The number of carboxylic acids is 1. The van der Waals surface area contributed by atoms with Crippen LogP contribution in [0.4, 0.5) is 5.69 Å². The van der Waals surface area contributed by atoms with E-state index < -0.39 is 11.9 Å². The lowest BCUT2D eigenvalue weighted by Gasteiger charge is -2.08. The number of aryl methyl sites for hydroxylation is 1. The van der Waals surface area contributed by atoms with E-state index in [-0.39, 0.29) is 11.3 Å². The molecule has 0 atom stereocenters. The van der Waals surface area contributed by atoms with Gasteiger partial charge in [-0.05, 0) is 31.0 Å².